The number of benzene rings is 2. The maximum absolute atomic E-state index is 12.3. The van der Waals surface area contributed by atoms with Crippen molar-refractivity contribution in [2.24, 2.45) is 0 Å². The average molecular weight is 434 g/mol. The highest BCUT2D eigenvalue weighted by Crippen LogP contribution is 2.26. The zero-order valence-corrected chi connectivity index (χ0v) is 18.3. The first-order valence-corrected chi connectivity index (χ1v) is 10.6. The monoisotopic (exact) mass is 433 g/mol. The Labute approximate surface area is 187 Å². The van der Waals surface area contributed by atoms with Crippen LogP contribution in [0.3, 0.4) is 0 Å². The Balaban J connectivity index is 1.46. The molecule has 0 unspecified atom stereocenters. The molecule has 0 saturated carbocycles. The summed E-state index contributed by atoms with van der Waals surface area (Å²) in [5.74, 6) is -0.836. The number of likely N-dealkylation sites (N-methyl/N-ethyl adjacent to an activating group) is 1. The number of nitrogens with one attached hydrogen (secondary N) is 2. The molecule has 1 amide bonds. The minimum Gasteiger partial charge on any atom is -0.468 e. The lowest BCUT2D eigenvalue weighted by atomic mass is 10.1. The minimum absolute atomic E-state index is 0.170. The number of piperazine rings is 1. The van der Waals surface area contributed by atoms with Crippen molar-refractivity contribution in [3.05, 3.63) is 60.2 Å². The molecule has 1 aliphatic rings. The Morgan fingerprint density at radius 3 is 2.50 bits per heavy atom. The number of rotatable bonds is 6. The minimum atomic E-state index is -0.495. The summed E-state index contributed by atoms with van der Waals surface area (Å²) >= 11 is 0. The summed E-state index contributed by atoms with van der Waals surface area (Å²) in [6.45, 7) is 4.05. The lowest BCUT2D eigenvalue weighted by Crippen LogP contribution is -2.44. The highest BCUT2D eigenvalue weighted by Gasteiger charge is 2.15. The summed E-state index contributed by atoms with van der Waals surface area (Å²) in [6, 6.07) is 17.6. The molecule has 8 heteroatoms. The van der Waals surface area contributed by atoms with Crippen molar-refractivity contribution in [1.82, 2.24) is 20.4 Å². The zero-order chi connectivity index (χ0) is 22.5. The van der Waals surface area contributed by atoms with Gasteiger partial charge in [-0.05, 0) is 42.9 Å². The molecular weight excluding hydrogens is 406 g/mol. The predicted molar refractivity (Wildman–Crippen MR) is 124 cm³/mol. The van der Waals surface area contributed by atoms with Crippen molar-refractivity contribution >= 4 is 17.6 Å². The average Bonchev–Trinajstić information content (AvgIpc) is 3.33. The molecule has 4 rings (SSSR count). The standard InChI is InChI=1S/C24H27N5O3/c1-28-10-12-29(13-11-28)20-8-6-17(7-9-20)21-15-22(27-26-21)18-4-3-5-19(14-18)24(31)25-16-23(30)32-2/h3-9,14-15H,10-13,16H2,1-2H3,(H,25,31)(H,26,27). The number of ether oxygens (including phenoxy) is 1. The molecule has 0 aliphatic carbocycles. The van der Waals surface area contributed by atoms with Gasteiger partial charge in [0, 0.05) is 43.0 Å². The molecule has 1 aliphatic heterocycles. The highest BCUT2D eigenvalue weighted by atomic mass is 16.5. The first-order chi connectivity index (χ1) is 15.5. The molecular formula is C24H27N5O3. The molecule has 1 fully saturated rings. The van der Waals surface area contributed by atoms with Gasteiger partial charge in [0.05, 0.1) is 18.5 Å². The van der Waals surface area contributed by atoms with Gasteiger partial charge in [-0.1, -0.05) is 24.3 Å². The van der Waals surface area contributed by atoms with E-state index in [1.165, 1.54) is 12.8 Å². The number of aromatic nitrogens is 2. The van der Waals surface area contributed by atoms with Gasteiger partial charge in [0.2, 0.25) is 0 Å². The van der Waals surface area contributed by atoms with E-state index in [0.717, 1.165) is 48.7 Å². The van der Waals surface area contributed by atoms with Gasteiger partial charge < -0.3 is 19.9 Å². The third kappa shape index (κ3) is 4.97. The third-order valence-electron chi connectivity index (χ3n) is 5.67. The van der Waals surface area contributed by atoms with E-state index in [-0.39, 0.29) is 12.5 Å². The van der Waals surface area contributed by atoms with Crippen LogP contribution in [0.25, 0.3) is 22.5 Å². The van der Waals surface area contributed by atoms with Crippen molar-refractivity contribution < 1.29 is 14.3 Å². The summed E-state index contributed by atoms with van der Waals surface area (Å²) < 4.78 is 4.55. The van der Waals surface area contributed by atoms with E-state index in [4.69, 9.17) is 0 Å². The van der Waals surface area contributed by atoms with Gasteiger partial charge in [0.15, 0.2) is 0 Å². The molecule has 32 heavy (non-hydrogen) atoms. The first-order valence-electron chi connectivity index (χ1n) is 10.6. The van der Waals surface area contributed by atoms with Crippen LogP contribution in [0.5, 0.6) is 0 Å². The Morgan fingerprint density at radius 1 is 1.03 bits per heavy atom. The third-order valence-corrected chi connectivity index (χ3v) is 5.67. The topological polar surface area (TPSA) is 90.6 Å². The molecule has 2 heterocycles. The lowest BCUT2D eigenvalue weighted by molar-refractivity contribution is -0.139. The van der Waals surface area contributed by atoms with Crippen LogP contribution in [0, 0.1) is 0 Å². The molecule has 0 radical (unpaired) electrons. The summed E-state index contributed by atoms with van der Waals surface area (Å²) in [5.41, 5.74) is 5.19. The van der Waals surface area contributed by atoms with Crippen LogP contribution >= 0.6 is 0 Å². The van der Waals surface area contributed by atoms with E-state index in [2.05, 4.69) is 61.4 Å². The quantitative estimate of drug-likeness (QED) is 0.580. The van der Waals surface area contributed by atoms with Crippen LogP contribution in [-0.2, 0) is 9.53 Å². The number of anilines is 1. The molecule has 8 nitrogen and oxygen atoms in total. The van der Waals surface area contributed by atoms with Gasteiger partial charge in [0.1, 0.15) is 6.54 Å². The fraction of sp³-hybridized carbons (Fsp3) is 0.292. The van der Waals surface area contributed by atoms with Crippen molar-refractivity contribution in [2.45, 2.75) is 0 Å². The van der Waals surface area contributed by atoms with Gasteiger partial charge >= 0.3 is 5.97 Å². The van der Waals surface area contributed by atoms with Crippen LogP contribution in [0.2, 0.25) is 0 Å². The molecule has 0 spiro atoms. The van der Waals surface area contributed by atoms with Crippen LogP contribution < -0.4 is 10.2 Å². The Morgan fingerprint density at radius 2 is 1.78 bits per heavy atom. The number of hydrogen-bond donors (Lipinski definition) is 2. The fourth-order valence-electron chi connectivity index (χ4n) is 3.68. The summed E-state index contributed by atoms with van der Waals surface area (Å²) in [4.78, 5) is 28.3. The van der Waals surface area contributed by atoms with Crippen LogP contribution in [0.1, 0.15) is 10.4 Å². The van der Waals surface area contributed by atoms with Crippen molar-refractivity contribution in [3.63, 3.8) is 0 Å². The van der Waals surface area contributed by atoms with Crippen molar-refractivity contribution in [1.29, 1.82) is 0 Å². The number of H-pyrrole nitrogens is 1. The maximum atomic E-state index is 12.3. The molecule has 166 valence electrons. The van der Waals surface area contributed by atoms with E-state index in [9.17, 15) is 9.59 Å². The highest BCUT2D eigenvalue weighted by molar-refractivity contribution is 5.97. The number of carbonyl (C=O) groups excluding carboxylic acids is 2. The fourth-order valence-corrected chi connectivity index (χ4v) is 3.68. The molecule has 1 saturated heterocycles. The van der Waals surface area contributed by atoms with Crippen LogP contribution in [-0.4, -0.2) is 73.9 Å². The second-order valence-corrected chi connectivity index (χ2v) is 7.84. The summed E-state index contributed by atoms with van der Waals surface area (Å²) in [6.07, 6.45) is 0. The summed E-state index contributed by atoms with van der Waals surface area (Å²) in [5, 5.41) is 10.1. The van der Waals surface area contributed by atoms with E-state index in [1.54, 1.807) is 18.2 Å². The molecule has 0 bridgehead atoms. The second-order valence-electron chi connectivity index (χ2n) is 7.84. The van der Waals surface area contributed by atoms with E-state index >= 15 is 0 Å². The van der Waals surface area contributed by atoms with Gasteiger partial charge in [-0.2, -0.15) is 5.10 Å². The zero-order valence-electron chi connectivity index (χ0n) is 18.3. The molecule has 2 N–H and O–H groups in total. The van der Waals surface area contributed by atoms with E-state index in [1.807, 2.05) is 12.1 Å². The van der Waals surface area contributed by atoms with Crippen LogP contribution in [0.15, 0.2) is 54.6 Å². The smallest absolute Gasteiger partial charge is 0.325 e. The SMILES string of the molecule is COC(=O)CNC(=O)c1cccc(-c2cc(-c3ccc(N4CCN(C)CC4)cc3)[nH]n2)c1. The number of carbonyl (C=O) groups is 2. The predicted octanol–water partition coefficient (Wildman–Crippen LogP) is 2.40. The molecule has 1 aromatic heterocycles. The number of hydrogen-bond acceptors (Lipinski definition) is 6. The van der Waals surface area contributed by atoms with Crippen molar-refractivity contribution in [2.75, 3.05) is 51.8 Å². The molecule has 0 atom stereocenters. The molecule has 3 aromatic rings. The van der Waals surface area contributed by atoms with Gasteiger partial charge in [-0.3, -0.25) is 14.7 Å². The number of methoxy groups -OCH3 is 1. The Bertz CT molecular complexity index is 1090. The lowest BCUT2D eigenvalue weighted by Gasteiger charge is -2.34. The summed E-state index contributed by atoms with van der Waals surface area (Å²) in [7, 11) is 3.44. The second kappa shape index (κ2) is 9.65. The normalized spacial score (nSPS) is 14.2. The maximum Gasteiger partial charge on any atom is 0.325 e. The van der Waals surface area contributed by atoms with Crippen molar-refractivity contribution in [3.8, 4) is 22.5 Å². The van der Waals surface area contributed by atoms with Gasteiger partial charge in [0.25, 0.3) is 5.91 Å². The van der Waals surface area contributed by atoms with E-state index in [0.29, 0.717) is 5.56 Å². The van der Waals surface area contributed by atoms with Gasteiger partial charge in [-0.25, -0.2) is 0 Å². The first kappa shape index (κ1) is 21.6. The van der Waals surface area contributed by atoms with Gasteiger partial charge in [-0.15, -0.1) is 0 Å². The van der Waals surface area contributed by atoms with E-state index < -0.39 is 5.97 Å². The number of esters is 1. The number of aromatic amines is 1. The number of amides is 1. The number of nitrogens with zero attached hydrogens (tertiary/aromatic N) is 3. The Hall–Kier alpha value is -3.65. The Kier molecular flexibility index (Phi) is 6.51. The largest absolute Gasteiger partial charge is 0.468 e. The molecule has 2 aromatic carbocycles. The van der Waals surface area contributed by atoms with Crippen LogP contribution in [0.4, 0.5) is 5.69 Å².